The van der Waals surface area contributed by atoms with Crippen LogP contribution in [-0.2, 0) is 13.0 Å². The van der Waals surface area contributed by atoms with E-state index in [1.165, 1.54) is 11.1 Å². The molecule has 2 aromatic rings. The van der Waals surface area contributed by atoms with E-state index in [4.69, 9.17) is 14.2 Å². The van der Waals surface area contributed by atoms with Crippen LogP contribution in [0.15, 0.2) is 36.4 Å². The molecule has 1 aliphatic rings. The van der Waals surface area contributed by atoms with E-state index in [-0.39, 0.29) is 18.1 Å². The fraction of sp³-hybridized carbons (Fsp3) is 0.480. The van der Waals surface area contributed by atoms with Crippen molar-refractivity contribution in [3.05, 3.63) is 53.1 Å². The first-order valence-corrected chi connectivity index (χ1v) is 11.2. The Balaban J connectivity index is 1.94. The maximum absolute atomic E-state index is 12.4. The van der Waals surface area contributed by atoms with Crippen LogP contribution in [0.1, 0.15) is 43.0 Å². The first kappa shape index (κ1) is 23.7. The molecule has 0 aliphatic carbocycles. The predicted octanol–water partition coefficient (Wildman–Crippen LogP) is 3.91. The van der Waals surface area contributed by atoms with Crippen molar-refractivity contribution < 1.29 is 19.0 Å². The Morgan fingerprint density at radius 1 is 1.12 bits per heavy atom. The molecule has 2 N–H and O–H groups in total. The molecule has 2 aromatic carbocycles. The number of rotatable bonds is 9. The average molecular weight is 442 g/mol. The van der Waals surface area contributed by atoms with Gasteiger partial charge >= 0.3 is 6.03 Å². The van der Waals surface area contributed by atoms with E-state index in [9.17, 15) is 4.79 Å². The summed E-state index contributed by atoms with van der Waals surface area (Å²) in [6.07, 6.45) is 1.79. The van der Waals surface area contributed by atoms with Gasteiger partial charge in [-0.3, -0.25) is 4.90 Å². The summed E-state index contributed by atoms with van der Waals surface area (Å²) in [5, 5.41) is 6.06. The van der Waals surface area contributed by atoms with E-state index in [0.29, 0.717) is 12.3 Å². The molecular formula is C25H35N3O4. The molecule has 174 valence electrons. The number of amides is 2. The summed E-state index contributed by atoms with van der Waals surface area (Å²) >= 11 is 0. The fourth-order valence-corrected chi connectivity index (χ4v) is 4.37. The molecule has 0 bridgehead atoms. The van der Waals surface area contributed by atoms with Crippen LogP contribution in [0.2, 0.25) is 0 Å². The van der Waals surface area contributed by atoms with Gasteiger partial charge in [-0.1, -0.05) is 19.1 Å². The van der Waals surface area contributed by atoms with Gasteiger partial charge in [0.2, 0.25) is 0 Å². The number of hydrogen-bond donors (Lipinski definition) is 2. The molecule has 2 atom stereocenters. The van der Waals surface area contributed by atoms with Crippen molar-refractivity contribution in [3.8, 4) is 17.2 Å². The second kappa shape index (κ2) is 11.1. The van der Waals surface area contributed by atoms with Crippen LogP contribution in [0.25, 0.3) is 0 Å². The van der Waals surface area contributed by atoms with Gasteiger partial charge in [0.25, 0.3) is 0 Å². The Kier molecular flexibility index (Phi) is 8.22. The molecule has 1 heterocycles. The summed E-state index contributed by atoms with van der Waals surface area (Å²) in [4.78, 5) is 14.8. The molecule has 0 unspecified atom stereocenters. The molecule has 7 heteroatoms. The summed E-state index contributed by atoms with van der Waals surface area (Å²) in [7, 11) is 4.98. The highest BCUT2D eigenvalue weighted by molar-refractivity contribution is 5.74. The summed E-state index contributed by atoms with van der Waals surface area (Å²) in [6, 6.07) is 12.0. The molecule has 0 fully saturated rings. The zero-order valence-corrected chi connectivity index (χ0v) is 19.7. The van der Waals surface area contributed by atoms with Crippen molar-refractivity contribution in [1.29, 1.82) is 0 Å². The molecule has 0 spiro atoms. The molecule has 32 heavy (non-hydrogen) atoms. The second-order valence-electron chi connectivity index (χ2n) is 8.11. The van der Waals surface area contributed by atoms with E-state index < -0.39 is 0 Å². The Morgan fingerprint density at radius 2 is 1.88 bits per heavy atom. The quantitative estimate of drug-likeness (QED) is 0.617. The SMILES string of the molecule is CCCNC(=O)N[C@@H](C)[C@H]1c2cc(OC)c(OC)cc2CCN1Cc1cccc(OC)c1. The van der Waals surface area contributed by atoms with Gasteiger partial charge in [-0.2, -0.15) is 0 Å². The number of fused-ring (bicyclic) bond motifs is 1. The molecule has 1 aliphatic heterocycles. The topological polar surface area (TPSA) is 72.1 Å². The van der Waals surface area contributed by atoms with Crippen molar-refractivity contribution in [3.63, 3.8) is 0 Å². The van der Waals surface area contributed by atoms with E-state index in [1.807, 2.05) is 19.1 Å². The fourth-order valence-electron chi connectivity index (χ4n) is 4.37. The maximum Gasteiger partial charge on any atom is 0.315 e. The van der Waals surface area contributed by atoms with Crippen LogP contribution in [0.4, 0.5) is 4.79 Å². The van der Waals surface area contributed by atoms with Gasteiger partial charge in [0.15, 0.2) is 11.5 Å². The number of nitrogens with one attached hydrogen (secondary N) is 2. The Hall–Kier alpha value is -2.93. The van der Waals surface area contributed by atoms with Crippen LogP contribution in [0.5, 0.6) is 17.2 Å². The van der Waals surface area contributed by atoms with Gasteiger partial charge in [0, 0.05) is 25.7 Å². The lowest BCUT2D eigenvalue weighted by Gasteiger charge is -2.41. The first-order chi connectivity index (χ1) is 15.5. The van der Waals surface area contributed by atoms with Crippen molar-refractivity contribution in [1.82, 2.24) is 15.5 Å². The summed E-state index contributed by atoms with van der Waals surface area (Å²) in [6.45, 7) is 6.36. The summed E-state index contributed by atoms with van der Waals surface area (Å²) < 4.78 is 16.5. The van der Waals surface area contributed by atoms with Crippen LogP contribution in [0, 0.1) is 0 Å². The van der Waals surface area contributed by atoms with Crippen molar-refractivity contribution >= 4 is 6.03 Å². The normalized spacial score (nSPS) is 16.6. The number of carbonyl (C=O) groups excluding carboxylic acids is 1. The standard InChI is InChI=1S/C25H35N3O4/c1-6-11-26-25(29)27-17(2)24-21-15-23(32-5)22(31-4)14-19(21)10-12-28(24)16-18-8-7-9-20(13-18)30-3/h7-9,13-15,17,24H,6,10-12,16H2,1-5H3,(H2,26,27,29)/t17-,24-/m0/s1. The zero-order valence-electron chi connectivity index (χ0n) is 19.7. The van der Waals surface area contributed by atoms with Gasteiger partial charge in [0.1, 0.15) is 5.75 Å². The Labute approximate surface area is 191 Å². The summed E-state index contributed by atoms with van der Waals surface area (Å²) in [5.41, 5.74) is 3.54. The third-order valence-electron chi connectivity index (χ3n) is 5.91. The minimum atomic E-state index is -0.145. The number of ether oxygens (including phenoxy) is 3. The molecule has 0 saturated heterocycles. The van der Waals surface area contributed by atoms with Crippen molar-refractivity contribution in [2.24, 2.45) is 0 Å². The zero-order chi connectivity index (χ0) is 23.1. The summed E-state index contributed by atoms with van der Waals surface area (Å²) in [5.74, 6) is 2.27. The van der Waals surface area contributed by atoms with Crippen LogP contribution >= 0.6 is 0 Å². The number of hydrogen-bond acceptors (Lipinski definition) is 5. The lowest BCUT2D eigenvalue weighted by atomic mass is 9.87. The van der Waals surface area contributed by atoms with Gasteiger partial charge < -0.3 is 24.8 Å². The highest BCUT2D eigenvalue weighted by atomic mass is 16.5. The number of methoxy groups -OCH3 is 3. The molecule has 0 saturated carbocycles. The Bertz CT molecular complexity index is 918. The Morgan fingerprint density at radius 3 is 2.56 bits per heavy atom. The smallest absolute Gasteiger partial charge is 0.315 e. The highest BCUT2D eigenvalue weighted by Crippen LogP contribution is 2.40. The molecule has 0 aromatic heterocycles. The first-order valence-electron chi connectivity index (χ1n) is 11.2. The van der Waals surface area contributed by atoms with Crippen LogP contribution < -0.4 is 24.8 Å². The monoisotopic (exact) mass is 441 g/mol. The molecular weight excluding hydrogens is 406 g/mol. The number of urea groups is 1. The second-order valence-corrected chi connectivity index (χ2v) is 8.11. The highest BCUT2D eigenvalue weighted by Gasteiger charge is 2.33. The number of benzene rings is 2. The molecule has 2 amide bonds. The molecule has 7 nitrogen and oxygen atoms in total. The largest absolute Gasteiger partial charge is 0.497 e. The van der Waals surface area contributed by atoms with Crippen molar-refractivity contribution in [2.45, 2.75) is 45.3 Å². The molecule has 3 rings (SSSR count). The predicted molar refractivity (Wildman–Crippen MR) is 126 cm³/mol. The third-order valence-corrected chi connectivity index (χ3v) is 5.91. The average Bonchev–Trinajstić information content (AvgIpc) is 2.81. The van der Waals surface area contributed by atoms with Gasteiger partial charge in [-0.15, -0.1) is 0 Å². The van der Waals surface area contributed by atoms with E-state index in [1.54, 1.807) is 21.3 Å². The van der Waals surface area contributed by atoms with E-state index in [0.717, 1.165) is 43.0 Å². The van der Waals surface area contributed by atoms with E-state index >= 15 is 0 Å². The van der Waals surface area contributed by atoms with Gasteiger partial charge in [-0.05, 0) is 60.7 Å². The van der Waals surface area contributed by atoms with Crippen LogP contribution in [-0.4, -0.2) is 51.4 Å². The number of nitrogens with zero attached hydrogens (tertiary/aromatic N) is 1. The van der Waals surface area contributed by atoms with Gasteiger partial charge in [0.05, 0.1) is 27.4 Å². The maximum atomic E-state index is 12.4. The van der Waals surface area contributed by atoms with Gasteiger partial charge in [-0.25, -0.2) is 4.79 Å². The molecule has 0 radical (unpaired) electrons. The minimum Gasteiger partial charge on any atom is -0.497 e. The van der Waals surface area contributed by atoms with Crippen molar-refractivity contribution in [2.75, 3.05) is 34.4 Å². The van der Waals surface area contributed by atoms with E-state index in [2.05, 4.69) is 46.7 Å². The lowest BCUT2D eigenvalue weighted by Crippen LogP contribution is -2.49. The minimum absolute atomic E-state index is 0.0165. The third kappa shape index (κ3) is 5.46. The van der Waals surface area contributed by atoms with Crippen LogP contribution in [0.3, 0.4) is 0 Å². The number of carbonyl (C=O) groups is 1. The lowest BCUT2D eigenvalue weighted by molar-refractivity contribution is 0.143.